The van der Waals surface area contributed by atoms with Crippen molar-refractivity contribution < 1.29 is 27.5 Å². The fourth-order valence-electron chi connectivity index (χ4n) is 2.98. The molecule has 0 saturated heterocycles. The highest BCUT2D eigenvalue weighted by atomic mass is 19.4. The van der Waals surface area contributed by atoms with Gasteiger partial charge in [-0.25, -0.2) is 9.59 Å². The summed E-state index contributed by atoms with van der Waals surface area (Å²) >= 11 is 0. The number of esters is 1. The highest BCUT2D eigenvalue weighted by Gasteiger charge is 2.41. The Labute approximate surface area is 149 Å². The highest BCUT2D eigenvalue weighted by Crippen LogP contribution is 2.39. The number of hydrogen-bond acceptors (Lipinski definition) is 3. The van der Waals surface area contributed by atoms with Crippen LogP contribution in [-0.4, -0.2) is 30.6 Å². The van der Waals surface area contributed by atoms with Crippen LogP contribution < -0.4 is 5.32 Å². The molecule has 0 aromatic heterocycles. The summed E-state index contributed by atoms with van der Waals surface area (Å²) in [7, 11) is 1.15. The standard InChI is InChI=1S/C18H21F3N2O3/c1-10(2)9-23-11(3)14(16(24)26-4)15(22-17(23)25)12-7-5-6-8-13(12)18(19,20)21/h5-8,10,15H,9H2,1-4H3,(H,22,25)/t15-/m1/s1. The Morgan fingerprint density at radius 1 is 1.31 bits per heavy atom. The van der Waals surface area contributed by atoms with E-state index in [4.69, 9.17) is 4.74 Å². The van der Waals surface area contributed by atoms with Gasteiger partial charge in [-0.05, 0) is 24.5 Å². The van der Waals surface area contributed by atoms with Crippen LogP contribution in [-0.2, 0) is 15.7 Å². The van der Waals surface area contributed by atoms with Crippen LogP contribution in [0.15, 0.2) is 35.5 Å². The third kappa shape index (κ3) is 3.84. The molecular weight excluding hydrogens is 349 g/mol. The summed E-state index contributed by atoms with van der Waals surface area (Å²) in [5.74, 6) is -0.674. The molecule has 1 aromatic rings. The maximum Gasteiger partial charge on any atom is 0.416 e. The summed E-state index contributed by atoms with van der Waals surface area (Å²) in [5, 5.41) is 2.52. The predicted octanol–water partition coefficient (Wildman–Crippen LogP) is 3.87. The predicted molar refractivity (Wildman–Crippen MR) is 89.0 cm³/mol. The summed E-state index contributed by atoms with van der Waals surface area (Å²) in [4.78, 5) is 26.2. The van der Waals surface area contributed by atoms with E-state index in [0.717, 1.165) is 13.2 Å². The first-order chi connectivity index (χ1) is 12.1. The van der Waals surface area contributed by atoms with Gasteiger partial charge in [0, 0.05) is 12.2 Å². The number of carbonyl (C=O) groups is 2. The van der Waals surface area contributed by atoms with Crippen molar-refractivity contribution in [2.75, 3.05) is 13.7 Å². The van der Waals surface area contributed by atoms with E-state index in [1.54, 1.807) is 0 Å². The number of hydrogen-bond donors (Lipinski definition) is 1. The Bertz CT molecular complexity index is 741. The second kappa shape index (κ2) is 7.39. The van der Waals surface area contributed by atoms with Crippen LogP contribution in [0.25, 0.3) is 0 Å². The van der Waals surface area contributed by atoms with Gasteiger partial charge in [0.25, 0.3) is 0 Å². The summed E-state index contributed by atoms with van der Waals surface area (Å²) in [6.45, 7) is 5.65. The normalized spacial score (nSPS) is 18.2. The van der Waals surface area contributed by atoms with Crippen LogP contribution in [0.1, 0.15) is 37.9 Å². The van der Waals surface area contributed by atoms with E-state index in [0.29, 0.717) is 6.54 Å². The SMILES string of the molecule is COC(=O)C1=C(C)N(CC(C)C)C(=O)N[C@@H]1c1ccccc1C(F)(F)F. The molecule has 2 rings (SSSR count). The van der Waals surface area contributed by atoms with Gasteiger partial charge < -0.3 is 10.1 Å². The monoisotopic (exact) mass is 370 g/mol. The number of carbonyl (C=O) groups excluding carboxylic acids is 2. The fraction of sp³-hybridized carbons (Fsp3) is 0.444. The molecule has 142 valence electrons. The Kier molecular flexibility index (Phi) is 5.63. The molecule has 0 spiro atoms. The van der Waals surface area contributed by atoms with Crippen molar-refractivity contribution >= 4 is 12.0 Å². The summed E-state index contributed by atoms with van der Waals surface area (Å²) < 4.78 is 45.0. The molecule has 2 amide bonds. The first-order valence-electron chi connectivity index (χ1n) is 8.11. The smallest absolute Gasteiger partial charge is 0.416 e. The lowest BCUT2D eigenvalue weighted by molar-refractivity contribution is -0.140. The number of amides is 2. The number of benzene rings is 1. The van der Waals surface area contributed by atoms with E-state index in [1.807, 2.05) is 13.8 Å². The second-order valence-electron chi connectivity index (χ2n) is 6.46. The van der Waals surface area contributed by atoms with Crippen molar-refractivity contribution in [3.8, 4) is 0 Å². The van der Waals surface area contributed by atoms with Crippen molar-refractivity contribution in [2.45, 2.75) is 33.0 Å². The number of methoxy groups -OCH3 is 1. The molecule has 26 heavy (non-hydrogen) atoms. The molecule has 0 radical (unpaired) electrons. The van der Waals surface area contributed by atoms with Crippen LogP contribution in [0.5, 0.6) is 0 Å². The van der Waals surface area contributed by atoms with E-state index in [-0.39, 0.29) is 22.8 Å². The van der Waals surface area contributed by atoms with E-state index in [2.05, 4.69) is 5.32 Å². The van der Waals surface area contributed by atoms with Gasteiger partial charge in [0.1, 0.15) is 0 Å². The van der Waals surface area contributed by atoms with Crippen molar-refractivity contribution in [1.29, 1.82) is 0 Å². The average molecular weight is 370 g/mol. The zero-order valence-corrected chi connectivity index (χ0v) is 15.0. The van der Waals surface area contributed by atoms with E-state index in [9.17, 15) is 22.8 Å². The van der Waals surface area contributed by atoms with Crippen molar-refractivity contribution in [3.05, 3.63) is 46.7 Å². The van der Waals surface area contributed by atoms with Crippen LogP contribution >= 0.6 is 0 Å². The molecule has 0 unspecified atom stereocenters. The molecule has 1 atom stereocenters. The van der Waals surface area contributed by atoms with Gasteiger partial charge in [-0.1, -0.05) is 32.0 Å². The van der Waals surface area contributed by atoms with Gasteiger partial charge in [-0.15, -0.1) is 0 Å². The maximum absolute atomic E-state index is 13.4. The van der Waals surface area contributed by atoms with Crippen LogP contribution in [0.4, 0.5) is 18.0 Å². The largest absolute Gasteiger partial charge is 0.466 e. The van der Waals surface area contributed by atoms with Gasteiger partial charge in [0.2, 0.25) is 0 Å². The van der Waals surface area contributed by atoms with Gasteiger partial charge >= 0.3 is 18.2 Å². The minimum absolute atomic E-state index is 0.00977. The van der Waals surface area contributed by atoms with E-state index < -0.39 is 29.8 Å². The van der Waals surface area contributed by atoms with Crippen LogP contribution in [0, 0.1) is 5.92 Å². The number of urea groups is 1. The van der Waals surface area contributed by atoms with Crippen molar-refractivity contribution in [1.82, 2.24) is 10.2 Å². The lowest BCUT2D eigenvalue weighted by Crippen LogP contribution is -2.49. The molecule has 0 bridgehead atoms. The zero-order chi connectivity index (χ0) is 19.6. The topological polar surface area (TPSA) is 58.6 Å². The number of halogens is 3. The number of allylic oxidation sites excluding steroid dienone is 1. The molecule has 1 heterocycles. The lowest BCUT2D eigenvalue weighted by Gasteiger charge is -2.36. The molecule has 1 aromatic carbocycles. The third-order valence-electron chi connectivity index (χ3n) is 4.13. The molecule has 0 saturated carbocycles. The van der Waals surface area contributed by atoms with Gasteiger partial charge in [-0.2, -0.15) is 13.2 Å². The molecule has 8 heteroatoms. The summed E-state index contributed by atoms with van der Waals surface area (Å²) in [6.07, 6.45) is -4.62. The Morgan fingerprint density at radius 3 is 2.46 bits per heavy atom. The van der Waals surface area contributed by atoms with E-state index >= 15 is 0 Å². The first kappa shape index (κ1) is 19.8. The van der Waals surface area contributed by atoms with Crippen molar-refractivity contribution in [3.63, 3.8) is 0 Å². The fourth-order valence-corrected chi connectivity index (χ4v) is 2.98. The highest BCUT2D eigenvalue weighted by molar-refractivity contribution is 5.95. The third-order valence-corrected chi connectivity index (χ3v) is 4.13. The molecular formula is C18H21F3N2O3. The quantitative estimate of drug-likeness (QED) is 0.819. The minimum atomic E-state index is -4.62. The number of alkyl halides is 3. The lowest BCUT2D eigenvalue weighted by atomic mass is 9.91. The Morgan fingerprint density at radius 2 is 1.92 bits per heavy atom. The molecule has 5 nitrogen and oxygen atoms in total. The molecule has 0 fully saturated rings. The van der Waals surface area contributed by atoms with Crippen LogP contribution in [0.2, 0.25) is 0 Å². The second-order valence-corrected chi connectivity index (χ2v) is 6.46. The Hall–Kier alpha value is -2.51. The average Bonchev–Trinajstić information content (AvgIpc) is 2.56. The number of nitrogens with one attached hydrogen (secondary N) is 1. The molecule has 1 aliphatic rings. The first-order valence-corrected chi connectivity index (χ1v) is 8.11. The maximum atomic E-state index is 13.4. The number of nitrogens with zero attached hydrogens (tertiary/aromatic N) is 1. The van der Waals surface area contributed by atoms with Gasteiger partial charge in [0.15, 0.2) is 0 Å². The van der Waals surface area contributed by atoms with Gasteiger partial charge in [-0.3, -0.25) is 4.90 Å². The summed E-state index contributed by atoms with van der Waals surface area (Å²) in [6, 6.07) is 3.08. The van der Waals surface area contributed by atoms with Crippen molar-refractivity contribution in [2.24, 2.45) is 5.92 Å². The molecule has 0 aliphatic carbocycles. The summed E-state index contributed by atoms with van der Waals surface area (Å²) in [5.41, 5.74) is -0.824. The number of ether oxygens (including phenoxy) is 1. The van der Waals surface area contributed by atoms with Crippen LogP contribution in [0.3, 0.4) is 0 Å². The van der Waals surface area contributed by atoms with E-state index in [1.165, 1.54) is 30.0 Å². The molecule has 1 N–H and O–H groups in total. The Balaban J connectivity index is 2.64. The zero-order valence-electron chi connectivity index (χ0n) is 15.0. The molecule has 1 aliphatic heterocycles. The minimum Gasteiger partial charge on any atom is -0.466 e. The number of rotatable bonds is 4. The van der Waals surface area contributed by atoms with Gasteiger partial charge in [0.05, 0.1) is 24.3 Å².